The van der Waals surface area contributed by atoms with Gasteiger partial charge in [-0.3, -0.25) is 4.79 Å². The van der Waals surface area contributed by atoms with Crippen molar-refractivity contribution in [3.05, 3.63) is 32.6 Å². The zero-order valence-electron chi connectivity index (χ0n) is 13.1. The zero-order chi connectivity index (χ0) is 17.2. The first-order chi connectivity index (χ1) is 11.4. The van der Waals surface area contributed by atoms with Crippen molar-refractivity contribution in [2.24, 2.45) is 5.14 Å². The van der Waals surface area contributed by atoms with Crippen LogP contribution >= 0.6 is 22.7 Å². The van der Waals surface area contributed by atoms with Crippen LogP contribution in [0.25, 0.3) is 0 Å². The van der Waals surface area contributed by atoms with Crippen LogP contribution in [0.1, 0.15) is 39.7 Å². The first-order valence-corrected chi connectivity index (χ1v) is 11.0. The predicted octanol–water partition coefficient (Wildman–Crippen LogP) is 1.98. The SMILES string of the molecule is NS(=O)(=O)c1ccc(CC(=O)NCc2nc3c(s2)CCCCC3)s1. The largest absolute Gasteiger partial charge is 0.349 e. The molecule has 130 valence electrons. The van der Waals surface area contributed by atoms with Gasteiger partial charge in [0.15, 0.2) is 0 Å². The quantitative estimate of drug-likeness (QED) is 0.768. The molecule has 0 spiro atoms. The average Bonchev–Trinajstić information content (AvgIpc) is 3.07. The van der Waals surface area contributed by atoms with Crippen LogP contribution < -0.4 is 10.5 Å². The van der Waals surface area contributed by atoms with Crippen molar-refractivity contribution in [2.75, 3.05) is 0 Å². The number of primary sulfonamides is 1. The van der Waals surface area contributed by atoms with Gasteiger partial charge in [-0.05, 0) is 37.8 Å². The molecule has 0 bridgehead atoms. The summed E-state index contributed by atoms with van der Waals surface area (Å²) >= 11 is 2.71. The van der Waals surface area contributed by atoms with Gasteiger partial charge in [0.2, 0.25) is 15.9 Å². The van der Waals surface area contributed by atoms with Crippen molar-refractivity contribution in [1.29, 1.82) is 0 Å². The molecular weight excluding hydrogens is 366 g/mol. The van der Waals surface area contributed by atoms with Crippen molar-refractivity contribution in [1.82, 2.24) is 10.3 Å². The van der Waals surface area contributed by atoms with Crippen LogP contribution in [0.15, 0.2) is 16.3 Å². The van der Waals surface area contributed by atoms with Crippen LogP contribution in [0.3, 0.4) is 0 Å². The number of sulfonamides is 1. The summed E-state index contributed by atoms with van der Waals surface area (Å²) in [4.78, 5) is 18.7. The second-order valence-electron chi connectivity index (χ2n) is 5.76. The molecule has 1 amide bonds. The Morgan fingerprint density at radius 2 is 2.00 bits per heavy atom. The lowest BCUT2D eigenvalue weighted by molar-refractivity contribution is -0.120. The molecule has 2 aromatic heterocycles. The Morgan fingerprint density at radius 3 is 2.75 bits per heavy atom. The van der Waals surface area contributed by atoms with Crippen molar-refractivity contribution in [3.8, 4) is 0 Å². The van der Waals surface area contributed by atoms with Crippen LogP contribution in [0.4, 0.5) is 0 Å². The van der Waals surface area contributed by atoms with Gasteiger partial charge in [-0.15, -0.1) is 22.7 Å². The number of aromatic nitrogens is 1. The number of rotatable bonds is 5. The molecule has 9 heteroatoms. The molecule has 1 aliphatic carbocycles. The smallest absolute Gasteiger partial charge is 0.247 e. The third-order valence-electron chi connectivity index (χ3n) is 3.83. The van der Waals surface area contributed by atoms with E-state index in [0.29, 0.717) is 11.4 Å². The van der Waals surface area contributed by atoms with E-state index in [1.807, 2.05) is 0 Å². The number of thiophene rings is 1. The van der Waals surface area contributed by atoms with Gasteiger partial charge >= 0.3 is 0 Å². The van der Waals surface area contributed by atoms with Crippen LogP contribution in [-0.4, -0.2) is 19.3 Å². The summed E-state index contributed by atoms with van der Waals surface area (Å²) in [6.07, 6.45) is 5.93. The molecule has 0 aromatic carbocycles. The third kappa shape index (κ3) is 4.41. The lowest BCUT2D eigenvalue weighted by Crippen LogP contribution is -2.24. The molecule has 1 aliphatic rings. The molecule has 6 nitrogen and oxygen atoms in total. The number of carbonyl (C=O) groups excluding carboxylic acids is 1. The molecule has 0 saturated carbocycles. The Bertz CT molecular complexity index is 816. The number of nitrogens with zero attached hydrogens (tertiary/aromatic N) is 1. The van der Waals surface area contributed by atoms with Gasteiger partial charge in [-0.2, -0.15) is 0 Å². The number of nitrogens with two attached hydrogens (primary N) is 1. The lowest BCUT2D eigenvalue weighted by atomic mass is 10.2. The molecular formula is C15H19N3O3S3. The Balaban J connectivity index is 1.55. The second kappa shape index (κ2) is 7.30. The van der Waals surface area contributed by atoms with Gasteiger partial charge in [0.05, 0.1) is 18.7 Å². The Kier molecular flexibility index (Phi) is 5.33. The monoisotopic (exact) mass is 385 g/mol. The minimum absolute atomic E-state index is 0.0777. The van der Waals surface area contributed by atoms with E-state index in [9.17, 15) is 13.2 Å². The highest BCUT2D eigenvalue weighted by Gasteiger charge is 2.16. The van der Waals surface area contributed by atoms with Gasteiger partial charge in [0.25, 0.3) is 0 Å². The maximum atomic E-state index is 12.0. The van der Waals surface area contributed by atoms with Crippen molar-refractivity contribution in [3.63, 3.8) is 0 Å². The molecule has 2 aromatic rings. The second-order valence-corrected chi connectivity index (χ2v) is 9.88. The standard InChI is InChI=1S/C15H19N3O3S3/c16-24(20,21)15-7-6-10(22-15)8-13(19)17-9-14-18-11-4-2-1-3-5-12(11)23-14/h6-7H,1-5,8-9H2,(H,17,19)(H2,16,20,21). The van der Waals surface area contributed by atoms with Gasteiger partial charge in [0.1, 0.15) is 9.22 Å². The highest BCUT2D eigenvalue weighted by atomic mass is 32.2. The fourth-order valence-electron chi connectivity index (χ4n) is 2.66. The number of amides is 1. The number of nitrogens with one attached hydrogen (secondary N) is 1. The van der Waals surface area contributed by atoms with E-state index in [1.165, 1.54) is 35.9 Å². The molecule has 3 N–H and O–H groups in total. The van der Waals surface area contributed by atoms with E-state index < -0.39 is 10.0 Å². The number of fused-ring (bicyclic) bond motifs is 1. The highest BCUT2D eigenvalue weighted by molar-refractivity contribution is 7.91. The van der Waals surface area contributed by atoms with Gasteiger partial charge in [-0.1, -0.05) is 6.42 Å². The zero-order valence-corrected chi connectivity index (χ0v) is 15.5. The van der Waals surface area contributed by atoms with Crippen molar-refractivity contribution < 1.29 is 13.2 Å². The third-order valence-corrected chi connectivity index (χ3v) is 7.51. The van der Waals surface area contributed by atoms with E-state index in [-0.39, 0.29) is 16.5 Å². The van der Waals surface area contributed by atoms with Gasteiger partial charge < -0.3 is 5.32 Å². The number of aryl methyl sites for hydroxylation is 2. The van der Waals surface area contributed by atoms with E-state index >= 15 is 0 Å². The van der Waals surface area contributed by atoms with Crippen LogP contribution in [0, 0.1) is 0 Å². The minimum atomic E-state index is -3.70. The molecule has 0 fully saturated rings. The normalized spacial score (nSPS) is 14.9. The Labute approximate surface area is 149 Å². The van der Waals surface area contributed by atoms with E-state index in [2.05, 4.69) is 10.3 Å². The number of hydrogen-bond acceptors (Lipinski definition) is 6. The molecule has 0 atom stereocenters. The van der Waals surface area contributed by atoms with Crippen LogP contribution in [0.2, 0.25) is 0 Å². The van der Waals surface area contributed by atoms with E-state index in [4.69, 9.17) is 5.14 Å². The number of carbonyl (C=O) groups is 1. The van der Waals surface area contributed by atoms with Crippen LogP contribution in [0.5, 0.6) is 0 Å². The predicted molar refractivity (Wildman–Crippen MR) is 94.6 cm³/mol. The van der Waals surface area contributed by atoms with E-state index in [0.717, 1.165) is 29.2 Å². The summed E-state index contributed by atoms with van der Waals surface area (Å²) in [5.74, 6) is -0.150. The van der Waals surface area contributed by atoms with Crippen molar-refractivity contribution >= 4 is 38.6 Å². The van der Waals surface area contributed by atoms with Gasteiger partial charge in [-0.25, -0.2) is 18.5 Å². The fourth-order valence-corrected chi connectivity index (χ4v) is 5.53. The first kappa shape index (κ1) is 17.5. The number of thiazole rings is 1. The maximum absolute atomic E-state index is 12.0. The summed E-state index contributed by atoms with van der Waals surface area (Å²) in [7, 11) is -3.70. The Morgan fingerprint density at radius 1 is 1.21 bits per heavy atom. The molecule has 0 radical (unpaired) electrons. The fraction of sp³-hybridized carbons (Fsp3) is 0.467. The summed E-state index contributed by atoms with van der Waals surface area (Å²) in [6, 6.07) is 3.05. The summed E-state index contributed by atoms with van der Waals surface area (Å²) in [5, 5.41) is 8.86. The van der Waals surface area contributed by atoms with Gasteiger partial charge in [0, 0.05) is 9.75 Å². The number of hydrogen-bond donors (Lipinski definition) is 2. The topological polar surface area (TPSA) is 102 Å². The molecule has 2 heterocycles. The molecule has 0 saturated heterocycles. The molecule has 0 aliphatic heterocycles. The summed E-state index contributed by atoms with van der Waals surface area (Å²) < 4.78 is 22.6. The Hall–Kier alpha value is -1.29. The summed E-state index contributed by atoms with van der Waals surface area (Å²) in [5.41, 5.74) is 1.19. The molecule has 3 rings (SSSR count). The molecule has 0 unspecified atom stereocenters. The average molecular weight is 386 g/mol. The van der Waals surface area contributed by atoms with Crippen LogP contribution in [-0.2, 0) is 40.6 Å². The van der Waals surface area contributed by atoms with E-state index in [1.54, 1.807) is 17.4 Å². The van der Waals surface area contributed by atoms with Crippen molar-refractivity contribution in [2.45, 2.75) is 49.3 Å². The maximum Gasteiger partial charge on any atom is 0.247 e. The summed E-state index contributed by atoms with van der Waals surface area (Å²) in [6.45, 7) is 0.421. The lowest BCUT2D eigenvalue weighted by Gasteiger charge is -2.01. The highest BCUT2D eigenvalue weighted by Crippen LogP contribution is 2.26. The molecule has 24 heavy (non-hydrogen) atoms. The first-order valence-electron chi connectivity index (χ1n) is 7.77. The minimum Gasteiger partial charge on any atom is -0.349 e.